The molecule has 2 amide bonds. The summed E-state index contributed by atoms with van der Waals surface area (Å²) in [6.07, 6.45) is 0.182. The van der Waals surface area contributed by atoms with Crippen LogP contribution in [0.3, 0.4) is 0 Å². The zero-order chi connectivity index (χ0) is 24.5. The number of amides is 2. The van der Waals surface area contributed by atoms with E-state index in [-0.39, 0.29) is 18.2 Å². The van der Waals surface area contributed by atoms with Crippen LogP contribution >= 0.6 is 11.3 Å². The summed E-state index contributed by atoms with van der Waals surface area (Å²) >= 11 is 1.48. The predicted molar refractivity (Wildman–Crippen MR) is 137 cm³/mol. The number of benzene rings is 2. The van der Waals surface area contributed by atoms with E-state index in [1.54, 1.807) is 23.7 Å². The first kappa shape index (κ1) is 22.8. The van der Waals surface area contributed by atoms with E-state index in [0.29, 0.717) is 18.1 Å². The van der Waals surface area contributed by atoms with E-state index < -0.39 is 5.92 Å². The number of carbonyl (C=O) groups is 2. The first-order chi connectivity index (χ1) is 16.9. The van der Waals surface area contributed by atoms with Crippen LogP contribution in [0.2, 0.25) is 0 Å². The van der Waals surface area contributed by atoms with Crippen molar-refractivity contribution in [2.45, 2.75) is 13.3 Å². The van der Waals surface area contributed by atoms with Crippen LogP contribution in [-0.2, 0) is 16.6 Å². The topological polar surface area (TPSA) is 89.4 Å². The molecule has 35 heavy (non-hydrogen) atoms. The number of para-hydroxylation sites is 1. The number of nitrogens with zero attached hydrogens (tertiary/aromatic N) is 4. The summed E-state index contributed by atoms with van der Waals surface area (Å²) in [6.45, 7) is 2.32. The summed E-state index contributed by atoms with van der Waals surface area (Å²) < 4.78 is 6.93. The van der Waals surface area contributed by atoms with Gasteiger partial charge < -0.3 is 15.0 Å². The smallest absolute Gasteiger partial charge is 0.230 e. The Morgan fingerprint density at radius 1 is 1.14 bits per heavy atom. The van der Waals surface area contributed by atoms with Gasteiger partial charge in [-0.05, 0) is 30.7 Å². The number of carbonyl (C=O) groups excluding carboxylic acids is 2. The average Bonchev–Trinajstić information content (AvgIpc) is 3.59. The molecular weight excluding hydrogens is 462 g/mol. The van der Waals surface area contributed by atoms with Crippen LogP contribution in [0.4, 0.5) is 11.5 Å². The third-order valence-corrected chi connectivity index (χ3v) is 6.99. The molecule has 9 heteroatoms. The van der Waals surface area contributed by atoms with Crippen molar-refractivity contribution >= 4 is 34.7 Å². The first-order valence-electron chi connectivity index (χ1n) is 11.2. The molecule has 2 aromatic heterocycles. The Morgan fingerprint density at radius 2 is 1.97 bits per heavy atom. The number of thiazole rings is 1. The summed E-state index contributed by atoms with van der Waals surface area (Å²) in [5, 5.41) is 10.2. The van der Waals surface area contributed by atoms with Crippen molar-refractivity contribution < 1.29 is 14.3 Å². The van der Waals surface area contributed by atoms with Crippen LogP contribution in [0.5, 0.6) is 5.75 Å². The van der Waals surface area contributed by atoms with E-state index >= 15 is 0 Å². The molecule has 1 saturated heterocycles. The van der Waals surface area contributed by atoms with E-state index in [9.17, 15) is 9.59 Å². The SMILES string of the molecule is COc1cccc(-c2csc(-c3cc(NC(=O)C4CC(=O)N(c5ccccc5C)C4)n(C)n3)n2)c1. The minimum Gasteiger partial charge on any atom is -0.497 e. The minimum atomic E-state index is -0.431. The molecule has 0 bridgehead atoms. The Kier molecular flexibility index (Phi) is 6.08. The highest BCUT2D eigenvalue weighted by molar-refractivity contribution is 7.13. The number of anilines is 2. The third-order valence-electron chi connectivity index (χ3n) is 6.12. The number of methoxy groups -OCH3 is 1. The van der Waals surface area contributed by atoms with Gasteiger partial charge in [0.05, 0.1) is 18.7 Å². The highest BCUT2D eigenvalue weighted by atomic mass is 32.1. The highest BCUT2D eigenvalue weighted by Gasteiger charge is 2.36. The molecule has 1 aliphatic rings. The van der Waals surface area contributed by atoms with Gasteiger partial charge in [-0.3, -0.25) is 14.3 Å². The lowest BCUT2D eigenvalue weighted by atomic mass is 10.1. The predicted octanol–water partition coefficient (Wildman–Crippen LogP) is 4.52. The molecule has 2 aromatic carbocycles. The van der Waals surface area contributed by atoms with Crippen LogP contribution < -0.4 is 15.0 Å². The zero-order valence-corrected chi connectivity index (χ0v) is 20.5. The normalized spacial score (nSPS) is 15.5. The van der Waals surface area contributed by atoms with E-state index in [1.165, 1.54) is 11.3 Å². The Bertz CT molecular complexity index is 1410. The minimum absolute atomic E-state index is 0.0435. The molecule has 8 nitrogen and oxygen atoms in total. The maximum atomic E-state index is 13.0. The molecule has 0 spiro atoms. The van der Waals surface area contributed by atoms with Gasteiger partial charge in [-0.1, -0.05) is 30.3 Å². The monoisotopic (exact) mass is 487 g/mol. The molecule has 0 aliphatic carbocycles. The summed E-state index contributed by atoms with van der Waals surface area (Å²) in [7, 11) is 3.41. The van der Waals surface area contributed by atoms with Gasteiger partial charge in [0, 0.05) is 42.7 Å². The van der Waals surface area contributed by atoms with Crippen molar-refractivity contribution in [1.29, 1.82) is 0 Å². The molecule has 3 heterocycles. The fraction of sp³-hybridized carbons (Fsp3) is 0.231. The molecule has 1 unspecified atom stereocenters. The van der Waals surface area contributed by atoms with Gasteiger partial charge in [0.15, 0.2) is 0 Å². The first-order valence-corrected chi connectivity index (χ1v) is 12.1. The van der Waals surface area contributed by atoms with Crippen molar-refractivity contribution in [3.8, 4) is 27.7 Å². The molecular formula is C26H25N5O3S. The number of aromatic nitrogens is 3. The van der Waals surface area contributed by atoms with Crippen LogP contribution in [0.25, 0.3) is 22.0 Å². The number of hydrogen-bond acceptors (Lipinski definition) is 6. The second kappa shape index (κ2) is 9.34. The molecule has 1 aliphatic heterocycles. The van der Waals surface area contributed by atoms with Crippen LogP contribution in [0, 0.1) is 12.8 Å². The van der Waals surface area contributed by atoms with Gasteiger partial charge in [-0.2, -0.15) is 5.10 Å². The van der Waals surface area contributed by atoms with Gasteiger partial charge >= 0.3 is 0 Å². The lowest BCUT2D eigenvalue weighted by Crippen LogP contribution is -2.29. The molecule has 1 N–H and O–H groups in total. The second-order valence-electron chi connectivity index (χ2n) is 8.49. The summed E-state index contributed by atoms with van der Waals surface area (Å²) in [4.78, 5) is 32.1. The molecule has 0 radical (unpaired) electrons. The summed E-state index contributed by atoms with van der Waals surface area (Å²) in [5.74, 6) is 0.661. The number of rotatable bonds is 6. The molecule has 0 saturated carbocycles. The van der Waals surface area contributed by atoms with Crippen molar-refractivity contribution in [3.05, 3.63) is 65.5 Å². The molecule has 178 valence electrons. The Balaban J connectivity index is 1.30. The van der Waals surface area contributed by atoms with Crippen molar-refractivity contribution in [2.75, 3.05) is 23.9 Å². The maximum Gasteiger partial charge on any atom is 0.230 e. The average molecular weight is 488 g/mol. The van der Waals surface area contributed by atoms with Crippen molar-refractivity contribution in [3.63, 3.8) is 0 Å². The van der Waals surface area contributed by atoms with E-state index in [4.69, 9.17) is 9.72 Å². The fourth-order valence-electron chi connectivity index (χ4n) is 4.21. The molecule has 1 fully saturated rings. The largest absolute Gasteiger partial charge is 0.497 e. The molecule has 4 aromatic rings. The van der Waals surface area contributed by atoms with Crippen LogP contribution in [0.15, 0.2) is 60.0 Å². The van der Waals surface area contributed by atoms with Crippen LogP contribution in [0.1, 0.15) is 12.0 Å². The maximum absolute atomic E-state index is 13.0. The van der Waals surface area contributed by atoms with Gasteiger partial charge in [0.25, 0.3) is 0 Å². The lowest BCUT2D eigenvalue weighted by molar-refractivity contribution is -0.122. The number of nitrogens with one attached hydrogen (secondary N) is 1. The Hall–Kier alpha value is -3.98. The molecule has 5 rings (SSSR count). The summed E-state index contributed by atoms with van der Waals surface area (Å²) in [6, 6.07) is 17.3. The number of aryl methyl sites for hydroxylation is 2. The lowest BCUT2D eigenvalue weighted by Gasteiger charge is -2.18. The third kappa shape index (κ3) is 4.54. The van der Waals surface area contributed by atoms with E-state index in [0.717, 1.165) is 33.3 Å². The number of hydrogen-bond donors (Lipinski definition) is 1. The van der Waals surface area contributed by atoms with Gasteiger partial charge in [0.2, 0.25) is 11.8 Å². The van der Waals surface area contributed by atoms with Crippen LogP contribution in [-0.4, -0.2) is 40.2 Å². The number of ether oxygens (including phenoxy) is 1. The van der Waals surface area contributed by atoms with Crippen molar-refractivity contribution in [2.24, 2.45) is 13.0 Å². The van der Waals surface area contributed by atoms with Gasteiger partial charge in [-0.15, -0.1) is 11.3 Å². The van der Waals surface area contributed by atoms with Gasteiger partial charge in [-0.25, -0.2) is 4.98 Å². The van der Waals surface area contributed by atoms with Gasteiger partial charge in [0.1, 0.15) is 22.3 Å². The highest BCUT2D eigenvalue weighted by Crippen LogP contribution is 2.32. The standard InChI is InChI=1S/C26H25N5O3S/c1-16-7-4-5-10-22(16)31-14-18(12-24(31)32)25(33)28-23-13-20(29-30(23)2)26-27-21(15-35-26)17-8-6-9-19(11-17)34-3/h4-11,13,15,18H,12,14H2,1-3H3,(H,28,33). The summed E-state index contributed by atoms with van der Waals surface area (Å²) in [5.41, 5.74) is 4.33. The second-order valence-corrected chi connectivity index (χ2v) is 9.35. The fourth-order valence-corrected chi connectivity index (χ4v) is 4.99. The van der Waals surface area contributed by atoms with Crippen molar-refractivity contribution in [1.82, 2.24) is 14.8 Å². The van der Waals surface area contributed by atoms with E-state index in [1.807, 2.05) is 66.9 Å². The molecule has 1 atom stereocenters. The van der Waals surface area contributed by atoms with E-state index in [2.05, 4.69) is 10.4 Å². The zero-order valence-electron chi connectivity index (χ0n) is 19.7. The quantitative estimate of drug-likeness (QED) is 0.432. The Labute approximate surface area is 207 Å². The Morgan fingerprint density at radius 3 is 2.77 bits per heavy atom.